The molecule has 0 fully saturated rings. The van der Waals surface area contributed by atoms with E-state index in [0.29, 0.717) is 11.3 Å². The quantitative estimate of drug-likeness (QED) is 0.467. The van der Waals surface area contributed by atoms with Crippen molar-refractivity contribution in [3.05, 3.63) is 78.1 Å². The van der Waals surface area contributed by atoms with Gasteiger partial charge >= 0.3 is 0 Å². The van der Waals surface area contributed by atoms with Crippen molar-refractivity contribution in [2.45, 2.75) is 6.92 Å². The van der Waals surface area contributed by atoms with Gasteiger partial charge in [0.05, 0.1) is 0 Å². The zero-order chi connectivity index (χ0) is 19.1. The van der Waals surface area contributed by atoms with Crippen LogP contribution in [0.25, 0.3) is 5.70 Å². The molecular formula is C19H26FN5. The molecule has 0 spiro atoms. The highest BCUT2D eigenvalue weighted by molar-refractivity contribution is 5.77. The van der Waals surface area contributed by atoms with Crippen LogP contribution in [0, 0.1) is 0 Å². The summed E-state index contributed by atoms with van der Waals surface area (Å²) in [6, 6.07) is 5.66. The van der Waals surface area contributed by atoms with Crippen molar-refractivity contribution in [1.82, 2.24) is 5.32 Å². The molecule has 0 saturated carbocycles. The van der Waals surface area contributed by atoms with E-state index in [1.807, 2.05) is 25.2 Å². The fourth-order valence-corrected chi connectivity index (χ4v) is 2.08. The van der Waals surface area contributed by atoms with Crippen molar-refractivity contribution in [2.75, 3.05) is 24.7 Å². The first-order valence-electron chi connectivity index (χ1n) is 7.64. The van der Waals surface area contributed by atoms with Gasteiger partial charge < -0.3 is 27.4 Å². The molecular weight excluding hydrogens is 317 g/mol. The second-order valence-corrected chi connectivity index (χ2v) is 5.46. The maximum Gasteiger partial charge on any atom is 0.142 e. The average molecular weight is 343 g/mol. The largest absolute Gasteiger partial charge is 0.400 e. The zero-order valence-corrected chi connectivity index (χ0v) is 15.0. The molecule has 1 rings (SSSR count). The molecule has 0 atom stereocenters. The van der Waals surface area contributed by atoms with E-state index in [2.05, 4.69) is 35.7 Å². The summed E-state index contributed by atoms with van der Waals surface area (Å²) in [5.74, 6) is -0.584. The minimum atomic E-state index is -0.584. The molecule has 0 aliphatic heterocycles. The first-order chi connectivity index (χ1) is 11.7. The minimum Gasteiger partial charge on any atom is -0.400 e. The van der Waals surface area contributed by atoms with Crippen LogP contribution in [0.4, 0.5) is 15.8 Å². The van der Waals surface area contributed by atoms with Crippen LogP contribution in [0.2, 0.25) is 0 Å². The Hall–Kier alpha value is -3.15. The summed E-state index contributed by atoms with van der Waals surface area (Å²) in [6.45, 7) is 13.0. The number of benzene rings is 1. The van der Waals surface area contributed by atoms with Crippen molar-refractivity contribution < 1.29 is 4.39 Å². The van der Waals surface area contributed by atoms with Crippen LogP contribution in [0.3, 0.4) is 0 Å². The molecule has 0 radical (unpaired) electrons. The summed E-state index contributed by atoms with van der Waals surface area (Å²) in [5, 5.41) is 9.23. The Morgan fingerprint density at radius 1 is 1.16 bits per heavy atom. The Bertz CT molecular complexity index is 755. The van der Waals surface area contributed by atoms with Gasteiger partial charge in [-0.15, -0.1) is 0 Å². The molecule has 5 nitrogen and oxygen atoms in total. The fraction of sp³-hybridized carbons (Fsp3) is 0.158. The lowest BCUT2D eigenvalue weighted by Crippen LogP contribution is -2.10. The monoisotopic (exact) mass is 343 g/mol. The van der Waals surface area contributed by atoms with Gasteiger partial charge in [0, 0.05) is 59.4 Å². The molecule has 0 aliphatic rings. The van der Waals surface area contributed by atoms with Gasteiger partial charge in [0.1, 0.15) is 5.83 Å². The predicted molar refractivity (Wildman–Crippen MR) is 106 cm³/mol. The summed E-state index contributed by atoms with van der Waals surface area (Å²) >= 11 is 0. The van der Waals surface area contributed by atoms with Crippen LogP contribution in [-0.4, -0.2) is 14.1 Å². The molecule has 0 unspecified atom stereocenters. The molecule has 25 heavy (non-hydrogen) atoms. The highest BCUT2D eigenvalue weighted by atomic mass is 19.1. The Morgan fingerprint density at radius 2 is 1.80 bits per heavy atom. The molecule has 0 bridgehead atoms. The van der Waals surface area contributed by atoms with Crippen LogP contribution in [0.1, 0.15) is 12.5 Å². The second kappa shape index (κ2) is 8.63. The summed E-state index contributed by atoms with van der Waals surface area (Å²) in [6.07, 6.45) is 1.21. The van der Waals surface area contributed by atoms with Gasteiger partial charge in [0.2, 0.25) is 0 Å². The number of allylic oxidation sites excluding steroid dienone is 3. The van der Waals surface area contributed by atoms with Crippen molar-refractivity contribution in [3.8, 4) is 0 Å². The first-order valence-corrected chi connectivity index (χ1v) is 7.64. The third-order valence-corrected chi connectivity index (χ3v) is 3.53. The lowest BCUT2D eigenvalue weighted by Gasteiger charge is -2.17. The number of anilines is 2. The van der Waals surface area contributed by atoms with Crippen LogP contribution in [-0.2, 0) is 0 Å². The van der Waals surface area contributed by atoms with E-state index in [1.165, 1.54) is 13.0 Å². The highest BCUT2D eigenvalue weighted by Gasteiger charge is 2.10. The highest BCUT2D eigenvalue weighted by Crippen LogP contribution is 2.27. The number of hydrogen-bond donors (Lipinski definition) is 5. The first kappa shape index (κ1) is 19.9. The topological polar surface area (TPSA) is 88.1 Å². The van der Waals surface area contributed by atoms with E-state index in [9.17, 15) is 4.39 Å². The molecule has 0 heterocycles. The van der Waals surface area contributed by atoms with Crippen LogP contribution < -0.4 is 27.4 Å². The SMILES string of the molecule is C=C(N)/C(=C/C(F)=C(\C)N)C(=C)Nc1ccc(NC)c(C(=C)NC)c1. The summed E-state index contributed by atoms with van der Waals surface area (Å²) < 4.78 is 13.8. The number of rotatable bonds is 8. The third-order valence-electron chi connectivity index (χ3n) is 3.53. The van der Waals surface area contributed by atoms with E-state index in [0.717, 1.165) is 22.6 Å². The molecule has 7 N–H and O–H groups in total. The fourth-order valence-electron chi connectivity index (χ4n) is 2.08. The Balaban J connectivity index is 3.19. The molecule has 0 aromatic heterocycles. The Kier molecular flexibility index (Phi) is 6.87. The molecule has 0 aliphatic carbocycles. The van der Waals surface area contributed by atoms with E-state index in [1.54, 1.807) is 7.05 Å². The van der Waals surface area contributed by atoms with Crippen molar-refractivity contribution in [1.29, 1.82) is 0 Å². The lowest BCUT2D eigenvalue weighted by atomic mass is 10.1. The predicted octanol–water partition coefficient (Wildman–Crippen LogP) is 3.40. The van der Waals surface area contributed by atoms with Gasteiger partial charge in [-0.25, -0.2) is 4.39 Å². The van der Waals surface area contributed by atoms with E-state index in [4.69, 9.17) is 11.5 Å². The maximum absolute atomic E-state index is 13.8. The van der Waals surface area contributed by atoms with Crippen LogP contribution in [0.5, 0.6) is 0 Å². The molecule has 0 amide bonds. The normalized spacial score (nSPS) is 12.1. The zero-order valence-electron chi connectivity index (χ0n) is 15.0. The van der Waals surface area contributed by atoms with E-state index < -0.39 is 5.83 Å². The molecule has 1 aromatic carbocycles. The summed E-state index contributed by atoms with van der Waals surface area (Å²) in [7, 11) is 3.63. The van der Waals surface area contributed by atoms with Gasteiger partial charge in [-0.2, -0.15) is 0 Å². The van der Waals surface area contributed by atoms with Gasteiger partial charge in [0.15, 0.2) is 0 Å². The summed E-state index contributed by atoms with van der Waals surface area (Å²) in [5.41, 5.74) is 15.5. The van der Waals surface area contributed by atoms with E-state index >= 15 is 0 Å². The number of nitrogens with two attached hydrogens (primary N) is 2. The van der Waals surface area contributed by atoms with Crippen LogP contribution >= 0.6 is 0 Å². The maximum atomic E-state index is 13.8. The number of nitrogens with one attached hydrogen (secondary N) is 3. The standard InChI is InChI=1S/C19H26FN5/c1-11(21)16(10-18(20)12(2)22)14(4)25-15-7-8-19(24-6)17(9-15)13(3)23-5/h7-10,23-25H,1,3-4,21-22H2,2,5-6H3/b16-10-,18-12-. The third kappa shape index (κ3) is 5.17. The summed E-state index contributed by atoms with van der Waals surface area (Å²) in [4.78, 5) is 0. The smallest absolute Gasteiger partial charge is 0.142 e. The van der Waals surface area contributed by atoms with Crippen molar-refractivity contribution >= 4 is 17.1 Å². The van der Waals surface area contributed by atoms with Crippen molar-refractivity contribution in [3.63, 3.8) is 0 Å². The van der Waals surface area contributed by atoms with Gasteiger partial charge in [-0.1, -0.05) is 19.7 Å². The number of halogens is 1. The Labute approximate surface area is 148 Å². The van der Waals surface area contributed by atoms with Gasteiger partial charge in [-0.05, 0) is 31.2 Å². The minimum absolute atomic E-state index is 0.0533. The molecule has 1 aromatic rings. The molecule has 6 heteroatoms. The van der Waals surface area contributed by atoms with E-state index in [-0.39, 0.29) is 11.4 Å². The molecule has 134 valence electrons. The van der Waals surface area contributed by atoms with Gasteiger partial charge in [-0.3, -0.25) is 0 Å². The lowest BCUT2D eigenvalue weighted by molar-refractivity contribution is 0.651. The number of hydrogen-bond acceptors (Lipinski definition) is 5. The van der Waals surface area contributed by atoms with Crippen LogP contribution in [0.15, 0.2) is 72.5 Å². The van der Waals surface area contributed by atoms with Crippen molar-refractivity contribution in [2.24, 2.45) is 11.5 Å². The Morgan fingerprint density at radius 3 is 2.28 bits per heavy atom. The average Bonchev–Trinajstić information content (AvgIpc) is 2.57. The second-order valence-electron chi connectivity index (χ2n) is 5.46. The van der Waals surface area contributed by atoms with Gasteiger partial charge in [0.25, 0.3) is 0 Å². The molecule has 0 saturated heterocycles.